The van der Waals surface area contributed by atoms with E-state index in [0.717, 1.165) is 52.4 Å². The molecule has 1 N–H and O–H groups in total. The first-order valence-electron chi connectivity index (χ1n) is 5.90. The van der Waals surface area contributed by atoms with Crippen molar-refractivity contribution in [3.63, 3.8) is 0 Å². The number of rotatable bonds is 7. The van der Waals surface area contributed by atoms with E-state index in [1.165, 1.54) is 7.11 Å². The minimum atomic E-state index is -0.130. The van der Waals surface area contributed by atoms with Gasteiger partial charge in [-0.2, -0.15) is 0 Å². The topological polar surface area (TPSA) is 50.8 Å². The molecular weight excluding hydrogens is 208 g/mol. The third kappa shape index (κ3) is 6.05. The number of methoxy groups -OCH3 is 1. The lowest BCUT2D eigenvalue weighted by Gasteiger charge is -2.26. The molecule has 0 amide bonds. The maximum absolute atomic E-state index is 10.8. The summed E-state index contributed by atoms with van der Waals surface area (Å²) in [4.78, 5) is 13.2. The molecule has 5 heteroatoms. The predicted octanol–water partition coefficient (Wildman–Crippen LogP) is -0.139. The lowest BCUT2D eigenvalue weighted by atomic mass is 10.3. The fraction of sp³-hybridized carbons (Fsp3) is 0.909. The molecule has 1 fully saturated rings. The molecule has 0 aromatic heterocycles. The van der Waals surface area contributed by atoms with E-state index < -0.39 is 0 Å². The monoisotopic (exact) mass is 230 g/mol. The zero-order chi connectivity index (χ0) is 11.6. The smallest absolute Gasteiger partial charge is 0.305 e. The van der Waals surface area contributed by atoms with Crippen molar-refractivity contribution in [3.8, 4) is 0 Å². The Balaban J connectivity index is 1.85. The number of esters is 1. The van der Waals surface area contributed by atoms with Gasteiger partial charge in [0.25, 0.3) is 0 Å². The summed E-state index contributed by atoms with van der Waals surface area (Å²) in [6.07, 6.45) is 1.34. The van der Waals surface area contributed by atoms with Gasteiger partial charge in [-0.1, -0.05) is 0 Å². The number of hydrogen-bond acceptors (Lipinski definition) is 5. The fourth-order valence-corrected chi connectivity index (χ4v) is 1.65. The average molecular weight is 230 g/mol. The molecule has 0 aromatic carbocycles. The van der Waals surface area contributed by atoms with Crippen molar-refractivity contribution in [1.29, 1.82) is 0 Å². The molecule has 0 spiro atoms. The number of morpholine rings is 1. The van der Waals surface area contributed by atoms with Crippen LogP contribution in [0.1, 0.15) is 12.8 Å². The van der Waals surface area contributed by atoms with Crippen molar-refractivity contribution in [3.05, 3.63) is 0 Å². The van der Waals surface area contributed by atoms with Crippen molar-refractivity contribution >= 4 is 5.97 Å². The summed E-state index contributed by atoms with van der Waals surface area (Å²) in [5, 5.41) is 3.32. The molecule has 1 saturated heterocycles. The molecule has 0 unspecified atom stereocenters. The van der Waals surface area contributed by atoms with Gasteiger partial charge in [0.1, 0.15) is 0 Å². The van der Waals surface area contributed by atoms with Crippen molar-refractivity contribution in [1.82, 2.24) is 10.2 Å². The second-order valence-corrected chi connectivity index (χ2v) is 3.88. The first-order valence-corrected chi connectivity index (χ1v) is 5.90. The van der Waals surface area contributed by atoms with Gasteiger partial charge in [0, 0.05) is 32.6 Å². The third-order valence-electron chi connectivity index (χ3n) is 2.67. The van der Waals surface area contributed by atoms with Gasteiger partial charge in [0.2, 0.25) is 0 Å². The number of nitrogens with one attached hydrogen (secondary N) is 1. The highest BCUT2D eigenvalue weighted by molar-refractivity contribution is 5.68. The third-order valence-corrected chi connectivity index (χ3v) is 2.67. The Kier molecular flexibility index (Phi) is 7.12. The summed E-state index contributed by atoms with van der Waals surface area (Å²) in [6.45, 7) is 6.67. The van der Waals surface area contributed by atoms with Crippen molar-refractivity contribution in [2.75, 3.05) is 53.0 Å². The Morgan fingerprint density at radius 1 is 1.38 bits per heavy atom. The van der Waals surface area contributed by atoms with Gasteiger partial charge in [-0.05, 0) is 13.0 Å². The predicted molar refractivity (Wildman–Crippen MR) is 61.4 cm³/mol. The molecule has 0 radical (unpaired) electrons. The van der Waals surface area contributed by atoms with Gasteiger partial charge >= 0.3 is 5.97 Å². The zero-order valence-electron chi connectivity index (χ0n) is 10.0. The van der Waals surface area contributed by atoms with E-state index in [0.29, 0.717) is 6.42 Å². The number of carbonyl (C=O) groups excluding carboxylic acids is 1. The Bertz CT molecular complexity index is 194. The van der Waals surface area contributed by atoms with Crippen LogP contribution >= 0.6 is 0 Å². The minimum Gasteiger partial charge on any atom is -0.469 e. The van der Waals surface area contributed by atoms with Crippen molar-refractivity contribution in [2.45, 2.75) is 12.8 Å². The highest BCUT2D eigenvalue weighted by Crippen LogP contribution is 1.95. The second kappa shape index (κ2) is 8.50. The van der Waals surface area contributed by atoms with Crippen LogP contribution in [0.4, 0.5) is 0 Å². The van der Waals surface area contributed by atoms with Gasteiger partial charge in [-0.25, -0.2) is 0 Å². The molecule has 0 bridgehead atoms. The van der Waals surface area contributed by atoms with Crippen molar-refractivity contribution < 1.29 is 14.3 Å². The van der Waals surface area contributed by atoms with Gasteiger partial charge in [-0.3, -0.25) is 9.69 Å². The van der Waals surface area contributed by atoms with E-state index in [1.807, 2.05) is 0 Å². The largest absolute Gasteiger partial charge is 0.469 e. The SMILES string of the molecule is COC(=O)CCCNCCN1CCOCC1. The first-order chi connectivity index (χ1) is 7.83. The molecule has 5 nitrogen and oxygen atoms in total. The van der Waals surface area contributed by atoms with Crippen LogP contribution in [-0.4, -0.2) is 63.9 Å². The van der Waals surface area contributed by atoms with E-state index in [-0.39, 0.29) is 5.97 Å². The maximum Gasteiger partial charge on any atom is 0.305 e. The van der Waals surface area contributed by atoms with Crippen LogP contribution in [-0.2, 0) is 14.3 Å². The van der Waals surface area contributed by atoms with Crippen LogP contribution in [0.3, 0.4) is 0 Å². The Labute approximate surface area is 97.1 Å². The standard InChI is InChI=1S/C11H22N2O3/c1-15-11(14)3-2-4-12-5-6-13-7-9-16-10-8-13/h12H,2-10H2,1H3. The quantitative estimate of drug-likeness (QED) is 0.487. The van der Waals surface area contributed by atoms with Crippen LogP contribution < -0.4 is 5.32 Å². The summed E-state index contributed by atoms with van der Waals surface area (Å²) in [6, 6.07) is 0. The summed E-state index contributed by atoms with van der Waals surface area (Å²) in [5.74, 6) is -0.130. The molecule has 1 rings (SSSR count). The van der Waals surface area contributed by atoms with E-state index in [2.05, 4.69) is 15.0 Å². The summed E-state index contributed by atoms with van der Waals surface area (Å²) in [7, 11) is 1.42. The zero-order valence-corrected chi connectivity index (χ0v) is 10.0. The molecule has 0 saturated carbocycles. The van der Waals surface area contributed by atoms with Crippen LogP contribution in [0.5, 0.6) is 0 Å². The van der Waals surface area contributed by atoms with Gasteiger partial charge < -0.3 is 14.8 Å². The molecule has 0 atom stereocenters. The van der Waals surface area contributed by atoms with E-state index in [4.69, 9.17) is 4.74 Å². The first kappa shape index (κ1) is 13.4. The molecular formula is C11H22N2O3. The van der Waals surface area contributed by atoms with E-state index in [9.17, 15) is 4.79 Å². The van der Waals surface area contributed by atoms with Gasteiger partial charge in [0.15, 0.2) is 0 Å². The molecule has 1 aliphatic rings. The van der Waals surface area contributed by atoms with Gasteiger partial charge in [-0.15, -0.1) is 0 Å². The maximum atomic E-state index is 10.8. The van der Waals surface area contributed by atoms with Crippen LogP contribution in [0, 0.1) is 0 Å². The lowest BCUT2D eigenvalue weighted by Crippen LogP contribution is -2.40. The second-order valence-electron chi connectivity index (χ2n) is 3.88. The molecule has 16 heavy (non-hydrogen) atoms. The Morgan fingerprint density at radius 2 is 2.12 bits per heavy atom. The molecule has 1 aliphatic heterocycles. The highest BCUT2D eigenvalue weighted by Gasteiger charge is 2.08. The Hall–Kier alpha value is -0.650. The molecule has 1 heterocycles. The minimum absolute atomic E-state index is 0.130. The van der Waals surface area contributed by atoms with Crippen molar-refractivity contribution in [2.24, 2.45) is 0 Å². The fourth-order valence-electron chi connectivity index (χ4n) is 1.65. The van der Waals surface area contributed by atoms with Crippen LogP contribution in [0.15, 0.2) is 0 Å². The highest BCUT2D eigenvalue weighted by atomic mass is 16.5. The van der Waals surface area contributed by atoms with Gasteiger partial charge in [0.05, 0.1) is 20.3 Å². The van der Waals surface area contributed by atoms with Crippen LogP contribution in [0.2, 0.25) is 0 Å². The number of carbonyl (C=O) groups is 1. The molecule has 0 aromatic rings. The lowest BCUT2D eigenvalue weighted by molar-refractivity contribution is -0.140. The summed E-state index contributed by atoms with van der Waals surface area (Å²) >= 11 is 0. The summed E-state index contributed by atoms with van der Waals surface area (Å²) in [5.41, 5.74) is 0. The Morgan fingerprint density at radius 3 is 2.81 bits per heavy atom. The number of nitrogens with zero attached hydrogens (tertiary/aromatic N) is 1. The molecule has 94 valence electrons. The normalized spacial score (nSPS) is 17.3. The summed E-state index contributed by atoms with van der Waals surface area (Å²) < 4.78 is 9.83. The number of hydrogen-bond donors (Lipinski definition) is 1. The number of ether oxygens (including phenoxy) is 2. The van der Waals surface area contributed by atoms with Crippen LogP contribution in [0.25, 0.3) is 0 Å². The van der Waals surface area contributed by atoms with E-state index >= 15 is 0 Å². The average Bonchev–Trinajstić information content (AvgIpc) is 2.34. The van der Waals surface area contributed by atoms with E-state index in [1.54, 1.807) is 0 Å². The molecule has 0 aliphatic carbocycles.